The molecule has 3 aromatic carbocycles. The molecule has 2 atom stereocenters. The van der Waals surface area contributed by atoms with Crippen molar-refractivity contribution in [1.82, 2.24) is 5.32 Å². The zero-order valence-electron chi connectivity index (χ0n) is 16.8. The summed E-state index contributed by atoms with van der Waals surface area (Å²) in [6, 6.07) is 18.2. The summed E-state index contributed by atoms with van der Waals surface area (Å²) in [6.45, 7) is 2.57. The minimum atomic E-state index is -0.195. The Labute approximate surface area is 196 Å². The lowest BCUT2D eigenvalue weighted by molar-refractivity contribution is -0.731. The Kier molecular flexibility index (Phi) is 6.63. The second-order valence-corrected chi connectivity index (χ2v) is 8.53. The molecule has 0 bridgehead atoms. The molecule has 4 N–H and O–H groups in total. The molecule has 1 heterocycles. The molecule has 0 radical (unpaired) electrons. The summed E-state index contributed by atoms with van der Waals surface area (Å²) < 4.78 is 5.56. The Morgan fingerprint density at radius 1 is 0.935 bits per heavy atom. The zero-order valence-corrected chi connectivity index (χ0v) is 19.0. The number of phenols is 1. The lowest BCUT2D eigenvalue weighted by atomic mass is 9.98. The van der Waals surface area contributed by atoms with Crippen LogP contribution in [-0.4, -0.2) is 11.7 Å². The molecule has 1 aliphatic rings. The maximum absolute atomic E-state index is 10.5. The topological polar surface area (TPSA) is 58.1 Å². The van der Waals surface area contributed by atoms with Crippen molar-refractivity contribution in [3.63, 3.8) is 0 Å². The number of hydrogen-bond acceptors (Lipinski definition) is 3. The largest absolute Gasteiger partial charge is 0.507 e. The molecule has 0 aliphatic carbocycles. The van der Waals surface area contributed by atoms with Crippen LogP contribution in [-0.2, 0) is 0 Å². The second-order valence-electron chi connectivity index (χ2n) is 7.25. The van der Waals surface area contributed by atoms with Crippen molar-refractivity contribution in [2.24, 2.45) is 0 Å². The van der Waals surface area contributed by atoms with Gasteiger partial charge in [-0.15, -0.1) is 0 Å². The third-order valence-corrected chi connectivity index (χ3v) is 5.98. The molecule has 0 aromatic heterocycles. The van der Waals surface area contributed by atoms with Gasteiger partial charge in [0.25, 0.3) is 0 Å². The molecule has 1 aliphatic heterocycles. The highest BCUT2D eigenvalue weighted by atomic mass is 35.5. The Hall–Kier alpha value is -2.37. The predicted molar refractivity (Wildman–Crippen MR) is 126 cm³/mol. The molecule has 7 heteroatoms. The van der Waals surface area contributed by atoms with Gasteiger partial charge in [0.15, 0.2) is 6.17 Å². The summed E-state index contributed by atoms with van der Waals surface area (Å²) in [5.74, 6) is 1.01. The standard InChI is InChI=1S/C24H21Cl3N2O2/c1-2-31-17-7-3-14(4-8-17)21-13-22(19-11-15(25)6-10-23(19)30)29-24(28-21)18-9-5-16(26)12-20(18)27/h3-13,22,24,28-30H,2H2,1H3/p+1. The van der Waals surface area contributed by atoms with E-state index in [1.807, 2.05) is 43.3 Å². The maximum atomic E-state index is 10.5. The van der Waals surface area contributed by atoms with Gasteiger partial charge in [0.2, 0.25) is 0 Å². The number of quaternary nitrogens is 1. The number of halogens is 3. The van der Waals surface area contributed by atoms with E-state index in [9.17, 15) is 5.11 Å². The molecule has 31 heavy (non-hydrogen) atoms. The van der Waals surface area contributed by atoms with Crippen molar-refractivity contribution in [2.45, 2.75) is 19.1 Å². The van der Waals surface area contributed by atoms with E-state index < -0.39 is 0 Å². The molecule has 3 aromatic rings. The van der Waals surface area contributed by atoms with Crippen LogP contribution in [0.15, 0.2) is 66.7 Å². The molecule has 0 amide bonds. The minimum absolute atomic E-state index is 0.182. The van der Waals surface area contributed by atoms with Crippen LogP contribution in [0, 0.1) is 0 Å². The highest BCUT2D eigenvalue weighted by Gasteiger charge is 2.30. The fraction of sp³-hybridized carbons (Fsp3) is 0.167. The van der Waals surface area contributed by atoms with Crippen molar-refractivity contribution in [1.29, 1.82) is 0 Å². The van der Waals surface area contributed by atoms with E-state index in [-0.39, 0.29) is 18.0 Å². The quantitative estimate of drug-likeness (QED) is 0.443. The first-order valence-electron chi connectivity index (χ1n) is 9.94. The van der Waals surface area contributed by atoms with Crippen LogP contribution in [0.2, 0.25) is 15.1 Å². The Morgan fingerprint density at radius 3 is 2.35 bits per heavy atom. The van der Waals surface area contributed by atoms with E-state index in [2.05, 4.69) is 16.7 Å². The summed E-state index contributed by atoms with van der Waals surface area (Å²) in [5, 5.41) is 17.9. The first-order valence-corrected chi connectivity index (χ1v) is 11.1. The smallest absolute Gasteiger partial charge is 0.188 e. The summed E-state index contributed by atoms with van der Waals surface area (Å²) >= 11 is 18.8. The highest BCUT2D eigenvalue weighted by molar-refractivity contribution is 6.35. The van der Waals surface area contributed by atoms with Crippen LogP contribution in [0.4, 0.5) is 0 Å². The van der Waals surface area contributed by atoms with Gasteiger partial charge in [-0.2, -0.15) is 0 Å². The monoisotopic (exact) mass is 475 g/mol. The first-order chi connectivity index (χ1) is 14.9. The Bertz CT molecular complexity index is 1120. The fourth-order valence-electron chi connectivity index (χ4n) is 3.70. The summed E-state index contributed by atoms with van der Waals surface area (Å²) in [7, 11) is 0. The van der Waals surface area contributed by atoms with E-state index in [4.69, 9.17) is 39.5 Å². The SMILES string of the molecule is CCOc1ccc(C2=CC(c3cc(Cl)ccc3O)[NH2+]C(c3ccc(Cl)cc3Cl)N2)cc1. The van der Waals surface area contributed by atoms with Gasteiger partial charge in [-0.1, -0.05) is 34.8 Å². The normalized spacial score (nSPS) is 18.3. The van der Waals surface area contributed by atoms with Gasteiger partial charge in [0.1, 0.15) is 17.5 Å². The van der Waals surface area contributed by atoms with Gasteiger partial charge < -0.3 is 20.5 Å². The zero-order chi connectivity index (χ0) is 22.0. The van der Waals surface area contributed by atoms with Gasteiger partial charge >= 0.3 is 0 Å². The molecule has 0 saturated carbocycles. The van der Waals surface area contributed by atoms with Gasteiger partial charge in [-0.3, -0.25) is 0 Å². The van der Waals surface area contributed by atoms with E-state index >= 15 is 0 Å². The van der Waals surface area contributed by atoms with Gasteiger partial charge in [0, 0.05) is 27.4 Å². The lowest BCUT2D eigenvalue weighted by Gasteiger charge is -2.30. The van der Waals surface area contributed by atoms with E-state index in [0.29, 0.717) is 21.7 Å². The number of ether oxygens (including phenoxy) is 1. The number of rotatable bonds is 5. The Morgan fingerprint density at radius 2 is 1.65 bits per heavy atom. The lowest BCUT2D eigenvalue weighted by Crippen LogP contribution is -2.89. The summed E-state index contributed by atoms with van der Waals surface area (Å²) in [5.41, 5.74) is 3.55. The molecular formula is C24H22Cl3N2O2+. The van der Waals surface area contributed by atoms with Crippen LogP contribution in [0.3, 0.4) is 0 Å². The minimum Gasteiger partial charge on any atom is -0.507 e. The molecule has 0 saturated heterocycles. The van der Waals surface area contributed by atoms with Crippen LogP contribution >= 0.6 is 34.8 Å². The second kappa shape index (κ2) is 9.41. The van der Waals surface area contributed by atoms with E-state index in [1.165, 1.54) is 0 Å². The highest BCUT2D eigenvalue weighted by Crippen LogP contribution is 2.33. The van der Waals surface area contributed by atoms with Crippen LogP contribution in [0.25, 0.3) is 5.70 Å². The average molecular weight is 477 g/mol. The molecule has 2 unspecified atom stereocenters. The van der Waals surface area contributed by atoms with E-state index in [0.717, 1.165) is 28.1 Å². The maximum Gasteiger partial charge on any atom is 0.188 e. The van der Waals surface area contributed by atoms with Gasteiger partial charge in [-0.25, -0.2) is 0 Å². The molecule has 160 valence electrons. The number of nitrogens with one attached hydrogen (secondary N) is 1. The van der Waals surface area contributed by atoms with Crippen molar-refractivity contribution >= 4 is 40.5 Å². The summed E-state index contributed by atoms with van der Waals surface area (Å²) in [4.78, 5) is 0. The molecule has 0 fully saturated rings. The number of hydrogen-bond donors (Lipinski definition) is 3. The van der Waals surface area contributed by atoms with Gasteiger partial charge in [0.05, 0.1) is 17.2 Å². The van der Waals surface area contributed by atoms with Crippen LogP contribution in [0.1, 0.15) is 35.8 Å². The molecular weight excluding hydrogens is 455 g/mol. The number of benzene rings is 3. The molecule has 4 rings (SSSR count). The van der Waals surface area contributed by atoms with Crippen molar-refractivity contribution in [3.05, 3.63) is 98.5 Å². The Balaban J connectivity index is 1.75. The molecule has 0 spiro atoms. The number of nitrogens with two attached hydrogens (primary N) is 1. The number of phenolic OH excluding ortho intramolecular Hbond substituents is 1. The predicted octanol–water partition coefficient (Wildman–Crippen LogP) is 5.70. The third kappa shape index (κ3) is 4.94. The van der Waals surface area contributed by atoms with Crippen molar-refractivity contribution in [2.75, 3.05) is 6.61 Å². The first kappa shape index (κ1) is 21.8. The van der Waals surface area contributed by atoms with Crippen molar-refractivity contribution < 1.29 is 15.2 Å². The van der Waals surface area contributed by atoms with Crippen molar-refractivity contribution in [3.8, 4) is 11.5 Å². The fourth-order valence-corrected chi connectivity index (χ4v) is 4.41. The van der Waals surface area contributed by atoms with E-state index in [1.54, 1.807) is 24.3 Å². The molecule has 4 nitrogen and oxygen atoms in total. The van der Waals surface area contributed by atoms with Crippen LogP contribution in [0.5, 0.6) is 11.5 Å². The average Bonchev–Trinajstić information content (AvgIpc) is 2.76. The summed E-state index contributed by atoms with van der Waals surface area (Å²) in [6.07, 6.45) is 1.88. The third-order valence-electron chi connectivity index (χ3n) is 5.18. The van der Waals surface area contributed by atoms with Gasteiger partial charge in [-0.05, 0) is 73.2 Å². The van der Waals surface area contributed by atoms with Crippen LogP contribution < -0.4 is 15.4 Å². The number of aromatic hydroxyl groups is 1.